The maximum absolute atomic E-state index is 13.3. The number of hydrogen-bond acceptors (Lipinski definition) is 4. The Bertz CT molecular complexity index is 961. The number of anilines is 1. The molecule has 1 fully saturated rings. The van der Waals surface area contributed by atoms with E-state index in [-0.39, 0.29) is 23.4 Å². The first-order valence-electron chi connectivity index (χ1n) is 9.83. The number of carbonyl (C=O) groups is 1. The fourth-order valence-corrected chi connectivity index (χ4v) is 5.31. The van der Waals surface area contributed by atoms with E-state index in [1.54, 1.807) is 54.6 Å². The number of amides is 1. The van der Waals surface area contributed by atoms with Crippen LogP contribution in [0.15, 0.2) is 59.5 Å². The smallest absolute Gasteiger partial charge is 0.243 e. The van der Waals surface area contributed by atoms with Crippen LogP contribution in [0.25, 0.3) is 0 Å². The first-order valence-corrected chi connectivity index (χ1v) is 11.3. The average Bonchev–Trinajstić information content (AvgIpc) is 2.75. The van der Waals surface area contributed by atoms with Crippen LogP contribution in [0.4, 0.5) is 5.69 Å². The number of nitrogens with one attached hydrogen (secondary N) is 1. The van der Waals surface area contributed by atoms with Gasteiger partial charge in [0.15, 0.2) is 0 Å². The lowest BCUT2D eigenvalue weighted by molar-refractivity contribution is -0.116. The Morgan fingerprint density at radius 1 is 1.03 bits per heavy atom. The lowest BCUT2D eigenvalue weighted by Gasteiger charge is -2.33. The van der Waals surface area contributed by atoms with Crippen molar-refractivity contribution in [3.8, 4) is 6.07 Å². The largest absolute Gasteiger partial charge is 0.325 e. The van der Waals surface area contributed by atoms with E-state index in [9.17, 15) is 13.2 Å². The molecule has 0 unspecified atom stereocenters. The number of sulfonamides is 1. The third kappa shape index (κ3) is 5.43. The van der Waals surface area contributed by atoms with Gasteiger partial charge in [0.05, 0.1) is 23.9 Å². The number of rotatable bonds is 7. The molecule has 0 radical (unpaired) electrons. The van der Waals surface area contributed by atoms with E-state index in [1.165, 1.54) is 4.31 Å². The van der Waals surface area contributed by atoms with Gasteiger partial charge in [0.25, 0.3) is 0 Å². The summed E-state index contributed by atoms with van der Waals surface area (Å²) in [6.07, 6.45) is 4.86. The molecule has 0 saturated heterocycles. The molecular formula is C22H25N3O3S. The van der Waals surface area contributed by atoms with Gasteiger partial charge in [-0.1, -0.05) is 49.6 Å². The Morgan fingerprint density at radius 2 is 1.69 bits per heavy atom. The fourth-order valence-electron chi connectivity index (χ4n) is 3.65. The molecule has 1 aliphatic rings. The molecule has 0 bridgehead atoms. The Labute approximate surface area is 172 Å². The molecule has 2 aromatic rings. The first-order chi connectivity index (χ1) is 14.0. The Hall–Kier alpha value is -2.69. The highest BCUT2D eigenvalue weighted by molar-refractivity contribution is 7.89. The SMILES string of the molecule is N#CCc1ccc(NC(=O)CN(C2CCCCC2)S(=O)(=O)c2ccccc2)cc1. The summed E-state index contributed by atoms with van der Waals surface area (Å²) in [7, 11) is -3.77. The van der Waals surface area contributed by atoms with Crippen LogP contribution in [0.5, 0.6) is 0 Å². The van der Waals surface area contributed by atoms with Crippen molar-refractivity contribution in [3.05, 3.63) is 60.2 Å². The number of benzene rings is 2. The molecule has 1 N–H and O–H groups in total. The second kappa shape index (κ2) is 9.68. The topological polar surface area (TPSA) is 90.3 Å². The van der Waals surface area contributed by atoms with Gasteiger partial charge in [-0.3, -0.25) is 4.79 Å². The zero-order chi connectivity index (χ0) is 20.7. The highest BCUT2D eigenvalue weighted by Gasteiger charge is 2.33. The number of nitriles is 1. The average molecular weight is 412 g/mol. The quantitative estimate of drug-likeness (QED) is 0.752. The van der Waals surface area contributed by atoms with Crippen LogP contribution in [0.3, 0.4) is 0 Å². The molecule has 7 heteroatoms. The molecule has 0 aliphatic heterocycles. The highest BCUT2D eigenvalue weighted by atomic mass is 32.2. The molecular weight excluding hydrogens is 386 g/mol. The van der Waals surface area contributed by atoms with Gasteiger partial charge in [-0.15, -0.1) is 0 Å². The maximum atomic E-state index is 13.3. The van der Waals surface area contributed by atoms with E-state index in [0.29, 0.717) is 12.1 Å². The minimum Gasteiger partial charge on any atom is -0.325 e. The van der Waals surface area contributed by atoms with Crippen molar-refractivity contribution in [2.75, 3.05) is 11.9 Å². The fraction of sp³-hybridized carbons (Fsp3) is 0.364. The summed E-state index contributed by atoms with van der Waals surface area (Å²) in [5, 5.41) is 11.5. The summed E-state index contributed by atoms with van der Waals surface area (Å²) in [5.74, 6) is -0.372. The Morgan fingerprint density at radius 3 is 2.31 bits per heavy atom. The van der Waals surface area contributed by atoms with Crippen molar-refractivity contribution >= 4 is 21.6 Å². The van der Waals surface area contributed by atoms with Crippen LogP contribution in [0.2, 0.25) is 0 Å². The van der Waals surface area contributed by atoms with Crippen LogP contribution in [0.1, 0.15) is 37.7 Å². The lowest BCUT2D eigenvalue weighted by atomic mass is 9.95. The lowest BCUT2D eigenvalue weighted by Crippen LogP contribution is -2.45. The predicted octanol–water partition coefficient (Wildman–Crippen LogP) is 3.71. The molecule has 6 nitrogen and oxygen atoms in total. The zero-order valence-corrected chi connectivity index (χ0v) is 17.1. The van der Waals surface area contributed by atoms with Gasteiger partial charge in [0, 0.05) is 11.7 Å². The summed E-state index contributed by atoms with van der Waals surface area (Å²) in [6.45, 7) is -0.220. The number of nitrogens with zero attached hydrogens (tertiary/aromatic N) is 2. The first kappa shape index (κ1) is 21.0. The second-order valence-electron chi connectivity index (χ2n) is 7.24. The molecule has 3 rings (SSSR count). The molecule has 1 amide bonds. The number of hydrogen-bond donors (Lipinski definition) is 1. The van der Waals surface area contributed by atoms with E-state index in [0.717, 1.165) is 37.7 Å². The van der Waals surface area contributed by atoms with Gasteiger partial charge in [-0.25, -0.2) is 8.42 Å². The standard InChI is InChI=1S/C22H25N3O3S/c23-16-15-18-11-13-19(14-12-18)24-22(26)17-25(20-7-3-1-4-8-20)29(27,28)21-9-5-2-6-10-21/h2,5-6,9-14,20H,1,3-4,7-8,15,17H2,(H,24,26). The van der Waals surface area contributed by atoms with E-state index < -0.39 is 10.0 Å². The summed E-state index contributed by atoms with van der Waals surface area (Å²) >= 11 is 0. The van der Waals surface area contributed by atoms with Crippen LogP contribution in [0, 0.1) is 11.3 Å². The van der Waals surface area contributed by atoms with Crippen molar-refractivity contribution in [3.63, 3.8) is 0 Å². The van der Waals surface area contributed by atoms with E-state index >= 15 is 0 Å². The van der Waals surface area contributed by atoms with Crippen molar-refractivity contribution in [2.45, 2.75) is 49.5 Å². The van der Waals surface area contributed by atoms with Gasteiger partial charge in [0.1, 0.15) is 0 Å². The van der Waals surface area contributed by atoms with Gasteiger partial charge in [-0.05, 0) is 42.7 Å². The number of carbonyl (C=O) groups excluding carboxylic acids is 1. The molecule has 0 aromatic heterocycles. The Balaban J connectivity index is 1.77. The van der Waals surface area contributed by atoms with Crippen LogP contribution in [-0.4, -0.2) is 31.2 Å². The molecule has 0 atom stereocenters. The van der Waals surface area contributed by atoms with Gasteiger partial charge in [0.2, 0.25) is 15.9 Å². The molecule has 152 valence electrons. The van der Waals surface area contributed by atoms with Gasteiger partial charge >= 0.3 is 0 Å². The predicted molar refractivity (Wildman–Crippen MR) is 112 cm³/mol. The van der Waals surface area contributed by atoms with E-state index in [4.69, 9.17) is 5.26 Å². The molecule has 1 saturated carbocycles. The van der Waals surface area contributed by atoms with Crippen LogP contribution < -0.4 is 5.32 Å². The normalized spacial score (nSPS) is 15.0. The third-order valence-electron chi connectivity index (χ3n) is 5.15. The third-order valence-corrected chi connectivity index (χ3v) is 7.06. The van der Waals surface area contributed by atoms with E-state index in [1.807, 2.05) is 0 Å². The Kier molecular flexibility index (Phi) is 7.02. The summed E-state index contributed by atoms with van der Waals surface area (Å²) in [4.78, 5) is 12.9. The molecule has 1 aliphatic carbocycles. The summed E-state index contributed by atoms with van der Waals surface area (Å²) < 4.78 is 27.9. The van der Waals surface area contributed by atoms with Gasteiger partial charge < -0.3 is 5.32 Å². The molecule has 0 heterocycles. The monoisotopic (exact) mass is 411 g/mol. The van der Waals surface area contributed by atoms with E-state index in [2.05, 4.69) is 11.4 Å². The minimum atomic E-state index is -3.77. The molecule has 29 heavy (non-hydrogen) atoms. The second-order valence-corrected chi connectivity index (χ2v) is 9.13. The van der Waals surface area contributed by atoms with Crippen molar-refractivity contribution < 1.29 is 13.2 Å². The van der Waals surface area contributed by atoms with Crippen LogP contribution >= 0.6 is 0 Å². The summed E-state index contributed by atoms with van der Waals surface area (Å²) in [6, 6.07) is 17.2. The van der Waals surface area contributed by atoms with Crippen molar-refractivity contribution in [2.24, 2.45) is 0 Å². The molecule has 2 aromatic carbocycles. The molecule has 0 spiro atoms. The van der Waals surface area contributed by atoms with Crippen molar-refractivity contribution in [1.29, 1.82) is 5.26 Å². The van der Waals surface area contributed by atoms with Crippen molar-refractivity contribution in [1.82, 2.24) is 4.31 Å². The van der Waals surface area contributed by atoms with Gasteiger partial charge in [-0.2, -0.15) is 9.57 Å². The zero-order valence-electron chi connectivity index (χ0n) is 16.3. The maximum Gasteiger partial charge on any atom is 0.243 e. The minimum absolute atomic E-state index is 0.169. The van der Waals surface area contributed by atoms with Crippen LogP contribution in [-0.2, 0) is 21.2 Å². The highest BCUT2D eigenvalue weighted by Crippen LogP contribution is 2.27. The summed E-state index contributed by atoms with van der Waals surface area (Å²) in [5.41, 5.74) is 1.44.